The van der Waals surface area contributed by atoms with E-state index in [1.165, 1.54) is 38.8 Å². The van der Waals surface area contributed by atoms with Crippen LogP contribution in [0.25, 0.3) is 0 Å². The maximum atomic E-state index is 4.37. The van der Waals surface area contributed by atoms with Crippen molar-refractivity contribution in [3.05, 3.63) is 0 Å². The average Bonchev–Trinajstić information content (AvgIpc) is 3.05. The summed E-state index contributed by atoms with van der Waals surface area (Å²) in [7, 11) is 1.90. The summed E-state index contributed by atoms with van der Waals surface area (Å²) < 4.78 is 0. The Morgan fingerprint density at radius 3 is 2.47 bits per heavy atom. The highest BCUT2D eigenvalue weighted by Gasteiger charge is 2.23. The highest BCUT2D eigenvalue weighted by atomic mass is 15.3. The molecule has 1 saturated carbocycles. The zero-order valence-corrected chi connectivity index (χ0v) is 10.00. The highest BCUT2D eigenvalue weighted by molar-refractivity contribution is 5.79. The third-order valence-electron chi connectivity index (χ3n) is 3.54. The van der Waals surface area contributed by atoms with Crippen LogP contribution < -0.4 is 5.32 Å². The summed E-state index contributed by atoms with van der Waals surface area (Å²) >= 11 is 0. The standard InChI is InChI=1S/C12H23N3/c1-10-5-7-15(8-6-10)12(13-2)14-9-11-3-4-11/h10-11H,3-9H2,1-2H3,(H,13,14). The fourth-order valence-electron chi connectivity index (χ4n) is 2.11. The van der Waals surface area contributed by atoms with Gasteiger partial charge in [-0.1, -0.05) is 6.92 Å². The SMILES string of the molecule is CN=C(NCC1CC1)N1CCC(C)CC1. The minimum absolute atomic E-state index is 0.891. The summed E-state index contributed by atoms with van der Waals surface area (Å²) in [6.07, 6.45) is 5.43. The van der Waals surface area contributed by atoms with Crippen molar-refractivity contribution in [3.63, 3.8) is 0 Å². The molecule has 0 aromatic heterocycles. The number of aliphatic imine (C=N–C) groups is 1. The van der Waals surface area contributed by atoms with Crippen LogP contribution in [0.15, 0.2) is 4.99 Å². The van der Waals surface area contributed by atoms with Crippen molar-refractivity contribution < 1.29 is 0 Å². The molecule has 1 saturated heterocycles. The lowest BCUT2D eigenvalue weighted by Gasteiger charge is -2.32. The smallest absolute Gasteiger partial charge is 0.193 e. The van der Waals surface area contributed by atoms with Gasteiger partial charge in [-0.25, -0.2) is 0 Å². The van der Waals surface area contributed by atoms with Crippen LogP contribution in [0.3, 0.4) is 0 Å². The molecule has 86 valence electrons. The first-order chi connectivity index (χ1) is 7.29. The van der Waals surface area contributed by atoms with Crippen molar-refractivity contribution in [2.24, 2.45) is 16.8 Å². The lowest BCUT2D eigenvalue weighted by molar-refractivity contribution is 0.273. The molecule has 1 aliphatic carbocycles. The monoisotopic (exact) mass is 209 g/mol. The fraction of sp³-hybridized carbons (Fsp3) is 0.917. The van der Waals surface area contributed by atoms with Crippen molar-refractivity contribution in [1.29, 1.82) is 0 Å². The third-order valence-corrected chi connectivity index (χ3v) is 3.54. The van der Waals surface area contributed by atoms with Crippen LogP contribution in [0.2, 0.25) is 0 Å². The van der Waals surface area contributed by atoms with Gasteiger partial charge in [0.05, 0.1) is 0 Å². The average molecular weight is 209 g/mol. The summed E-state index contributed by atoms with van der Waals surface area (Å²) in [5.41, 5.74) is 0. The van der Waals surface area contributed by atoms with E-state index in [1.54, 1.807) is 0 Å². The third kappa shape index (κ3) is 3.11. The molecule has 1 aliphatic heterocycles. The molecular weight excluding hydrogens is 186 g/mol. The molecule has 0 aromatic rings. The predicted molar refractivity (Wildman–Crippen MR) is 64.1 cm³/mol. The van der Waals surface area contributed by atoms with Crippen LogP contribution in [0.5, 0.6) is 0 Å². The number of rotatable bonds is 2. The number of nitrogens with one attached hydrogen (secondary N) is 1. The summed E-state index contributed by atoms with van der Waals surface area (Å²) in [5, 5.41) is 3.49. The molecule has 0 spiro atoms. The molecular formula is C12H23N3. The maximum Gasteiger partial charge on any atom is 0.193 e. The van der Waals surface area contributed by atoms with Gasteiger partial charge in [-0.15, -0.1) is 0 Å². The Balaban J connectivity index is 1.77. The zero-order chi connectivity index (χ0) is 10.7. The predicted octanol–water partition coefficient (Wildman–Crippen LogP) is 1.70. The molecule has 0 atom stereocenters. The Kier molecular flexibility index (Phi) is 3.49. The second kappa shape index (κ2) is 4.86. The van der Waals surface area contributed by atoms with Gasteiger partial charge in [-0.2, -0.15) is 0 Å². The van der Waals surface area contributed by atoms with Crippen molar-refractivity contribution in [1.82, 2.24) is 10.2 Å². The molecule has 1 N–H and O–H groups in total. The van der Waals surface area contributed by atoms with Crippen molar-refractivity contribution >= 4 is 5.96 Å². The van der Waals surface area contributed by atoms with E-state index < -0.39 is 0 Å². The Bertz CT molecular complexity index is 225. The highest BCUT2D eigenvalue weighted by Crippen LogP contribution is 2.27. The van der Waals surface area contributed by atoms with Gasteiger partial charge < -0.3 is 10.2 Å². The van der Waals surface area contributed by atoms with E-state index in [2.05, 4.69) is 22.1 Å². The molecule has 15 heavy (non-hydrogen) atoms. The first-order valence-corrected chi connectivity index (χ1v) is 6.25. The molecule has 0 amide bonds. The van der Waals surface area contributed by atoms with Crippen molar-refractivity contribution in [2.75, 3.05) is 26.7 Å². The number of hydrogen-bond donors (Lipinski definition) is 1. The van der Waals surface area contributed by atoms with E-state index >= 15 is 0 Å². The first-order valence-electron chi connectivity index (χ1n) is 6.25. The van der Waals surface area contributed by atoms with Crippen LogP contribution in [-0.4, -0.2) is 37.5 Å². The molecule has 0 unspecified atom stereocenters. The van der Waals surface area contributed by atoms with Crippen LogP contribution in [0, 0.1) is 11.8 Å². The van der Waals surface area contributed by atoms with Crippen molar-refractivity contribution in [2.45, 2.75) is 32.6 Å². The van der Waals surface area contributed by atoms with Gasteiger partial charge >= 0.3 is 0 Å². The first kappa shape index (κ1) is 10.8. The molecule has 2 rings (SSSR count). The van der Waals surface area contributed by atoms with Crippen LogP contribution >= 0.6 is 0 Å². The normalized spacial score (nSPS) is 24.4. The van der Waals surface area contributed by atoms with Gasteiger partial charge in [0.15, 0.2) is 5.96 Å². The largest absolute Gasteiger partial charge is 0.356 e. The Labute approximate surface area is 92.9 Å². The minimum atomic E-state index is 0.891. The van der Waals surface area contributed by atoms with Crippen LogP contribution in [-0.2, 0) is 0 Å². The topological polar surface area (TPSA) is 27.6 Å². The van der Waals surface area contributed by atoms with Gasteiger partial charge in [0.2, 0.25) is 0 Å². The quantitative estimate of drug-likeness (QED) is 0.554. The Hall–Kier alpha value is -0.730. The zero-order valence-electron chi connectivity index (χ0n) is 10.00. The van der Waals surface area contributed by atoms with Crippen LogP contribution in [0.4, 0.5) is 0 Å². The summed E-state index contributed by atoms with van der Waals surface area (Å²) in [5.74, 6) is 2.93. The second-order valence-electron chi connectivity index (χ2n) is 5.04. The molecule has 2 fully saturated rings. The van der Waals surface area contributed by atoms with Gasteiger partial charge in [-0.05, 0) is 37.5 Å². The number of guanidine groups is 1. The molecule has 3 nitrogen and oxygen atoms in total. The number of nitrogens with zero attached hydrogens (tertiary/aromatic N) is 2. The van der Waals surface area contributed by atoms with Gasteiger partial charge in [0.1, 0.15) is 0 Å². The molecule has 0 radical (unpaired) electrons. The van der Waals surface area contributed by atoms with E-state index in [4.69, 9.17) is 0 Å². The molecule has 3 heteroatoms. The minimum Gasteiger partial charge on any atom is -0.356 e. The number of hydrogen-bond acceptors (Lipinski definition) is 1. The lowest BCUT2D eigenvalue weighted by Crippen LogP contribution is -2.45. The maximum absolute atomic E-state index is 4.37. The van der Waals surface area contributed by atoms with Gasteiger partial charge in [0.25, 0.3) is 0 Å². The fourth-order valence-corrected chi connectivity index (χ4v) is 2.11. The number of piperidine rings is 1. The molecule has 1 heterocycles. The summed E-state index contributed by atoms with van der Waals surface area (Å²) in [6, 6.07) is 0. The Morgan fingerprint density at radius 2 is 1.93 bits per heavy atom. The molecule has 0 bridgehead atoms. The lowest BCUT2D eigenvalue weighted by atomic mass is 10.00. The molecule has 0 aromatic carbocycles. The summed E-state index contributed by atoms with van der Waals surface area (Å²) in [4.78, 5) is 6.77. The van der Waals surface area contributed by atoms with Crippen molar-refractivity contribution in [3.8, 4) is 0 Å². The van der Waals surface area contributed by atoms with E-state index in [-0.39, 0.29) is 0 Å². The number of likely N-dealkylation sites (tertiary alicyclic amines) is 1. The van der Waals surface area contributed by atoms with E-state index in [0.717, 1.165) is 24.3 Å². The van der Waals surface area contributed by atoms with E-state index in [0.29, 0.717) is 0 Å². The van der Waals surface area contributed by atoms with E-state index in [1.807, 2.05) is 7.05 Å². The second-order valence-corrected chi connectivity index (χ2v) is 5.04. The summed E-state index contributed by atoms with van der Waals surface area (Å²) in [6.45, 7) is 5.81. The van der Waals surface area contributed by atoms with E-state index in [9.17, 15) is 0 Å². The van der Waals surface area contributed by atoms with Crippen LogP contribution in [0.1, 0.15) is 32.6 Å². The Morgan fingerprint density at radius 1 is 1.27 bits per heavy atom. The van der Waals surface area contributed by atoms with Gasteiger partial charge in [-0.3, -0.25) is 4.99 Å². The molecule has 2 aliphatic rings. The van der Waals surface area contributed by atoms with Gasteiger partial charge in [0, 0.05) is 26.7 Å².